The Morgan fingerprint density at radius 1 is 1.28 bits per heavy atom. The number of aromatic nitrogens is 4. The molecule has 2 rings (SSSR count). The predicted octanol–water partition coefficient (Wildman–Crippen LogP) is 1.40. The fraction of sp³-hybridized carbons (Fsp3) is 0.417. The van der Waals surface area contributed by atoms with Gasteiger partial charge < -0.3 is 5.11 Å². The summed E-state index contributed by atoms with van der Waals surface area (Å²) >= 11 is 5.82. The highest BCUT2D eigenvalue weighted by molar-refractivity contribution is 6.30. The zero-order valence-corrected chi connectivity index (χ0v) is 11.1. The van der Waals surface area contributed by atoms with Crippen molar-refractivity contribution in [3.05, 3.63) is 40.7 Å². The molecule has 1 unspecified atom stereocenters. The van der Waals surface area contributed by atoms with Crippen LogP contribution in [0.25, 0.3) is 0 Å². The van der Waals surface area contributed by atoms with Gasteiger partial charge in [-0.1, -0.05) is 23.7 Å². The largest absolute Gasteiger partial charge is 0.389 e. The third-order valence-electron chi connectivity index (χ3n) is 2.59. The van der Waals surface area contributed by atoms with Crippen LogP contribution in [0.3, 0.4) is 0 Å². The molecule has 0 fully saturated rings. The summed E-state index contributed by atoms with van der Waals surface area (Å²) in [5, 5.41) is 22.7. The van der Waals surface area contributed by atoms with Crippen LogP contribution in [-0.4, -0.2) is 30.9 Å². The van der Waals surface area contributed by atoms with E-state index in [4.69, 9.17) is 11.6 Å². The van der Waals surface area contributed by atoms with Crippen LogP contribution >= 0.6 is 11.6 Å². The van der Waals surface area contributed by atoms with Crippen molar-refractivity contribution in [2.75, 3.05) is 0 Å². The van der Waals surface area contributed by atoms with Gasteiger partial charge in [-0.05, 0) is 29.8 Å². The average Bonchev–Trinajstić information content (AvgIpc) is 2.66. The lowest BCUT2D eigenvalue weighted by Crippen LogP contribution is -2.30. The maximum Gasteiger partial charge on any atom is 0.177 e. The highest BCUT2D eigenvalue weighted by Gasteiger charge is 2.24. The van der Waals surface area contributed by atoms with Crippen LogP contribution in [0.5, 0.6) is 0 Å². The van der Waals surface area contributed by atoms with E-state index >= 15 is 0 Å². The Morgan fingerprint density at radius 2 is 1.94 bits per heavy atom. The molecule has 1 aromatic heterocycles. The lowest BCUT2D eigenvalue weighted by molar-refractivity contribution is 0.0587. The minimum atomic E-state index is -0.906. The molecule has 0 bridgehead atoms. The fourth-order valence-electron chi connectivity index (χ4n) is 1.84. The van der Waals surface area contributed by atoms with Crippen molar-refractivity contribution in [2.24, 2.45) is 7.05 Å². The second-order valence-corrected chi connectivity index (χ2v) is 5.11. The summed E-state index contributed by atoms with van der Waals surface area (Å²) < 4.78 is 0. The van der Waals surface area contributed by atoms with Crippen LogP contribution in [0.1, 0.15) is 18.3 Å². The first kappa shape index (κ1) is 13.0. The number of benzene rings is 1. The molecule has 0 aliphatic heterocycles. The quantitative estimate of drug-likeness (QED) is 0.909. The van der Waals surface area contributed by atoms with Gasteiger partial charge in [-0.15, -0.1) is 10.2 Å². The Hall–Kier alpha value is -1.46. The van der Waals surface area contributed by atoms with Gasteiger partial charge in [-0.2, -0.15) is 4.80 Å². The molecule has 0 saturated carbocycles. The van der Waals surface area contributed by atoms with Gasteiger partial charge in [0.15, 0.2) is 5.82 Å². The van der Waals surface area contributed by atoms with Gasteiger partial charge in [-0.3, -0.25) is 0 Å². The van der Waals surface area contributed by atoms with Crippen molar-refractivity contribution < 1.29 is 5.11 Å². The van der Waals surface area contributed by atoms with Gasteiger partial charge in [-0.25, -0.2) is 0 Å². The molecule has 5 nitrogen and oxygen atoms in total. The third-order valence-corrected chi connectivity index (χ3v) is 2.84. The second-order valence-electron chi connectivity index (χ2n) is 4.67. The van der Waals surface area contributed by atoms with E-state index in [-0.39, 0.29) is 0 Å². The van der Waals surface area contributed by atoms with Crippen molar-refractivity contribution in [1.29, 1.82) is 0 Å². The first-order valence-corrected chi connectivity index (χ1v) is 6.02. The lowest BCUT2D eigenvalue weighted by Gasteiger charge is -2.21. The van der Waals surface area contributed by atoms with Gasteiger partial charge in [0.1, 0.15) is 0 Å². The van der Waals surface area contributed by atoms with Crippen LogP contribution < -0.4 is 0 Å². The molecule has 0 spiro atoms. The number of hydrogen-bond acceptors (Lipinski definition) is 4. The van der Waals surface area contributed by atoms with E-state index in [1.165, 1.54) is 4.80 Å². The van der Waals surface area contributed by atoms with E-state index in [2.05, 4.69) is 15.4 Å². The number of tetrazole rings is 1. The highest BCUT2D eigenvalue weighted by Crippen LogP contribution is 2.18. The fourth-order valence-corrected chi connectivity index (χ4v) is 1.97. The Kier molecular flexibility index (Phi) is 3.63. The van der Waals surface area contributed by atoms with Crippen molar-refractivity contribution in [1.82, 2.24) is 20.2 Å². The topological polar surface area (TPSA) is 63.8 Å². The van der Waals surface area contributed by atoms with E-state index in [0.29, 0.717) is 23.7 Å². The maximum atomic E-state index is 10.3. The zero-order valence-electron chi connectivity index (χ0n) is 10.3. The summed E-state index contributed by atoms with van der Waals surface area (Å²) in [6.07, 6.45) is 0.881. The van der Waals surface area contributed by atoms with Crippen LogP contribution in [0.2, 0.25) is 5.02 Å². The maximum absolute atomic E-state index is 10.3. The van der Waals surface area contributed by atoms with E-state index < -0.39 is 5.60 Å². The SMILES string of the molecule is Cn1nnc(CC(C)(O)Cc2ccc(Cl)cc2)n1. The van der Waals surface area contributed by atoms with Crippen molar-refractivity contribution in [2.45, 2.75) is 25.4 Å². The van der Waals surface area contributed by atoms with E-state index in [1.807, 2.05) is 24.3 Å². The summed E-state index contributed by atoms with van der Waals surface area (Å²) in [7, 11) is 1.70. The Morgan fingerprint density at radius 3 is 2.50 bits per heavy atom. The smallest absolute Gasteiger partial charge is 0.177 e. The Labute approximate surface area is 110 Å². The van der Waals surface area contributed by atoms with E-state index in [1.54, 1.807) is 14.0 Å². The molecule has 0 saturated heterocycles. The molecule has 0 aliphatic carbocycles. The zero-order chi connectivity index (χ0) is 13.2. The van der Waals surface area contributed by atoms with Crippen molar-refractivity contribution >= 4 is 11.6 Å². The van der Waals surface area contributed by atoms with Gasteiger partial charge >= 0.3 is 0 Å². The van der Waals surface area contributed by atoms with Gasteiger partial charge in [0, 0.05) is 17.9 Å². The third kappa shape index (κ3) is 3.51. The van der Waals surface area contributed by atoms with Crippen LogP contribution in [0.15, 0.2) is 24.3 Å². The molecule has 6 heteroatoms. The molecule has 0 amide bonds. The van der Waals surface area contributed by atoms with E-state index in [0.717, 1.165) is 5.56 Å². The molecule has 2 aromatic rings. The average molecular weight is 267 g/mol. The minimum Gasteiger partial charge on any atom is -0.389 e. The first-order valence-electron chi connectivity index (χ1n) is 5.64. The Bertz CT molecular complexity index is 521. The molecule has 0 radical (unpaired) electrons. The van der Waals surface area contributed by atoms with Crippen LogP contribution in [0.4, 0.5) is 0 Å². The number of aryl methyl sites for hydroxylation is 1. The van der Waals surface area contributed by atoms with Crippen LogP contribution in [-0.2, 0) is 19.9 Å². The molecular formula is C12H15ClN4O. The van der Waals surface area contributed by atoms with E-state index in [9.17, 15) is 5.11 Å². The number of hydrogen-bond donors (Lipinski definition) is 1. The van der Waals surface area contributed by atoms with Crippen molar-refractivity contribution in [3.8, 4) is 0 Å². The first-order chi connectivity index (χ1) is 8.44. The highest BCUT2D eigenvalue weighted by atomic mass is 35.5. The summed E-state index contributed by atoms with van der Waals surface area (Å²) in [5.74, 6) is 0.538. The molecule has 1 atom stereocenters. The Balaban J connectivity index is 2.04. The number of halogens is 1. The van der Waals surface area contributed by atoms with Gasteiger partial charge in [0.2, 0.25) is 0 Å². The summed E-state index contributed by atoms with van der Waals surface area (Å²) in [4.78, 5) is 1.38. The summed E-state index contributed by atoms with van der Waals surface area (Å²) in [6, 6.07) is 7.43. The summed E-state index contributed by atoms with van der Waals surface area (Å²) in [6.45, 7) is 1.76. The molecule has 1 heterocycles. The van der Waals surface area contributed by atoms with Crippen molar-refractivity contribution in [3.63, 3.8) is 0 Å². The molecule has 1 aromatic carbocycles. The standard InChI is InChI=1S/C12H15ClN4O/c1-12(18,8-11-14-16-17(2)15-11)7-9-3-5-10(13)6-4-9/h3-6,18H,7-8H2,1-2H3. The predicted molar refractivity (Wildman–Crippen MR) is 68.3 cm³/mol. The molecule has 0 aliphatic rings. The monoisotopic (exact) mass is 266 g/mol. The molecular weight excluding hydrogens is 252 g/mol. The normalized spacial score (nSPS) is 14.4. The molecule has 96 valence electrons. The van der Waals surface area contributed by atoms with Gasteiger partial charge in [0.25, 0.3) is 0 Å². The van der Waals surface area contributed by atoms with Crippen LogP contribution in [0, 0.1) is 0 Å². The lowest BCUT2D eigenvalue weighted by atomic mass is 9.93. The summed E-state index contributed by atoms with van der Waals surface area (Å²) in [5.41, 5.74) is 0.116. The van der Waals surface area contributed by atoms with Gasteiger partial charge in [0.05, 0.1) is 12.6 Å². The molecule has 1 N–H and O–H groups in total. The molecule has 18 heavy (non-hydrogen) atoms. The second kappa shape index (κ2) is 5.04. The number of nitrogens with zero attached hydrogens (tertiary/aromatic N) is 4. The minimum absolute atomic E-state index is 0.365. The number of rotatable bonds is 4. The number of aliphatic hydroxyl groups is 1.